The third-order valence-electron chi connectivity index (χ3n) is 3.06. The highest BCUT2D eigenvalue weighted by Gasteiger charge is 2.20. The number of nitrogens with one attached hydrogen (secondary N) is 1. The summed E-state index contributed by atoms with van der Waals surface area (Å²) in [4.78, 5) is 6.26. The van der Waals surface area contributed by atoms with Crippen LogP contribution < -0.4 is 10.2 Å². The molecule has 18 heavy (non-hydrogen) atoms. The molecule has 0 bridgehead atoms. The van der Waals surface area contributed by atoms with Crippen molar-refractivity contribution in [2.24, 2.45) is 0 Å². The Bertz CT molecular complexity index is 397. The van der Waals surface area contributed by atoms with E-state index in [1.54, 1.807) is 12.3 Å². The number of rotatable bonds is 5. The topological polar surface area (TPSA) is 48.4 Å². The summed E-state index contributed by atoms with van der Waals surface area (Å²) in [6, 6.07) is 2.11. The van der Waals surface area contributed by atoms with E-state index in [1.807, 2.05) is 4.90 Å². The first kappa shape index (κ1) is 13.9. The lowest BCUT2D eigenvalue weighted by molar-refractivity contribution is 0.300. The molecule has 1 aliphatic heterocycles. The molecule has 0 saturated carbocycles. The van der Waals surface area contributed by atoms with Crippen LogP contribution in [0, 0.1) is 0 Å². The van der Waals surface area contributed by atoms with Crippen LogP contribution in [0.15, 0.2) is 12.3 Å². The number of hydrogen-bond acceptors (Lipinski definition) is 4. The van der Waals surface area contributed by atoms with E-state index in [2.05, 4.69) is 10.3 Å². The van der Waals surface area contributed by atoms with E-state index < -0.39 is 0 Å². The van der Waals surface area contributed by atoms with Gasteiger partial charge in [0.1, 0.15) is 5.82 Å². The van der Waals surface area contributed by atoms with Crippen molar-refractivity contribution in [3.05, 3.63) is 22.3 Å². The summed E-state index contributed by atoms with van der Waals surface area (Å²) < 4.78 is 0. The monoisotopic (exact) mass is 289 g/mol. The smallest absolute Gasteiger partial charge is 0.147 e. The van der Waals surface area contributed by atoms with Gasteiger partial charge < -0.3 is 15.3 Å². The molecule has 1 aromatic heterocycles. The maximum absolute atomic E-state index is 9.16. The van der Waals surface area contributed by atoms with Crippen LogP contribution in [0.1, 0.15) is 12.8 Å². The molecular formula is C12H17Cl2N3O. The van der Waals surface area contributed by atoms with Gasteiger partial charge in [-0.3, -0.25) is 0 Å². The predicted molar refractivity (Wildman–Crippen MR) is 74.6 cm³/mol. The molecule has 6 heteroatoms. The number of aliphatic hydroxyl groups is 1. The zero-order valence-electron chi connectivity index (χ0n) is 10.1. The van der Waals surface area contributed by atoms with Gasteiger partial charge in [0, 0.05) is 25.3 Å². The Morgan fingerprint density at radius 2 is 2.33 bits per heavy atom. The summed E-state index contributed by atoms with van der Waals surface area (Å²) in [5.41, 5.74) is 0. The fourth-order valence-corrected chi connectivity index (χ4v) is 2.72. The van der Waals surface area contributed by atoms with Crippen LogP contribution in [0.4, 0.5) is 5.82 Å². The fraction of sp³-hybridized carbons (Fsp3) is 0.583. The second-order valence-corrected chi connectivity index (χ2v) is 5.27. The van der Waals surface area contributed by atoms with Crippen LogP contribution >= 0.6 is 23.2 Å². The van der Waals surface area contributed by atoms with Crippen molar-refractivity contribution in [1.29, 1.82) is 0 Å². The van der Waals surface area contributed by atoms with Crippen molar-refractivity contribution in [2.45, 2.75) is 18.9 Å². The van der Waals surface area contributed by atoms with E-state index in [0.717, 1.165) is 19.5 Å². The van der Waals surface area contributed by atoms with Gasteiger partial charge in [-0.1, -0.05) is 23.2 Å². The van der Waals surface area contributed by atoms with Crippen molar-refractivity contribution < 1.29 is 5.11 Å². The zero-order chi connectivity index (χ0) is 13.0. The molecule has 1 aromatic rings. The van der Waals surface area contributed by atoms with Crippen molar-refractivity contribution >= 4 is 29.0 Å². The highest BCUT2D eigenvalue weighted by molar-refractivity contribution is 6.36. The van der Waals surface area contributed by atoms with Gasteiger partial charge in [0.25, 0.3) is 0 Å². The van der Waals surface area contributed by atoms with E-state index in [1.165, 1.54) is 6.42 Å². The van der Waals surface area contributed by atoms with Crippen LogP contribution in [0.3, 0.4) is 0 Å². The second-order valence-electron chi connectivity index (χ2n) is 4.42. The van der Waals surface area contributed by atoms with Crippen molar-refractivity contribution in [1.82, 2.24) is 10.3 Å². The van der Waals surface area contributed by atoms with Crippen LogP contribution in [0.25, 0.3) is 0 Å². The molecule has 1 unspecified atom stereocenters. The Kier molecular flexibility index (Phi) is 5.06. The first-order valence-electron chi connectivity index (χ1n) is 6.11. The molecule has 2 rings (SSSR count). The Morgan fingerprint density at radius 1 is 1.50 bits per heavy atom. The zero-order valence-corrected chi connectivity index (χ0v) is 11.6. The molecule has 100 valence electrons. The summed E-state index contributed by atoms with van der Waals surface area (Å²) >= 11 is 12.0. The molecule has 0 spiro atoms. The standard InChI is InChI=1S/C12H17Cl2N3O/c13-9-6-11(14)12(16-7-9)17(4-5-18)8-10-2-1-3-15-10/h6-7,10,15,18H,1-5,8H2. The summed E-state index contributed by atoms with van der Waals surface area (Å²) in [7, 11) is 0. The first-order chi connectivity index (χ1) is 8.70. The Hall–Kier alpha value is -0.550. The van der Waals surface area contributed by atoms with Crippen LogP contribution in [-0.2, 0) is 0 Å². The summed E-state index contributed by atoms with van der Waals surface area (Å²) in [6.07, 6.45) is 3.92. The van der Waals surface area contributed by atoms with Crippen molar-refractivity contribution in [3.8, 4) is 0 Å². The number of nitrogens with zero attached hydrogens (tertiary/aromatic N) is 2. The average molecular weight is 290 g/mol. The van der Waals surface area contributed by atoms with Crippen LogP contribution in [-0.4, -0.2) is 42.4 Å². The molecule has 0 aromatic carbocycles. The Balaban J connectivity index is 2.12. The third-order valence-corrected chi connectivity index (χ3v) is 3.55. The molecule has 1 fully saturated rings. The van der Waals surface area contributed by atoms with Gasteiger partial charge in [0.15, 0.2) is 0 Å². The number of aliphatic hydroxyl groups excluding tert-OH is 1. The first-order valence-corrected chi connectivity index (χ1v) is 6.86. The molecule has 1 aliphatic rings. The lowest BCUT2D eigenvalue weighted by Gasteiger charge is -2.26. The van der Waals surface area contributed by atoms with E-state index in [4.69, 9.17) is 28.3 Å². The largest absolute Gasteiger partial charge is 0.395 e. The Labute approximate surface area is 117 Å². The lowest BCUT2D eigenvalue weighted by atomic mass is 10.2. The molecule has 1 saturated heterocycles. The summed E-state index contributed by atoms with van der Waals surface area (Å²) in [6.45, 7) is 2.45. The van der Waals surface area contributed by atoms with Gasteiger partial charge >= 0.3 is 0 Å². The molecule has 0 amide bonds. The number of hydrogen-bond donors (Lipinski definition) is 2. The Morgan fingerprint density at radius 3 is 2.94 bits per heavy atom. The van der Waals surface area contributed by atoms with E-state index in [9.17, 15) is 0 Å². The SMILES string of the molecule is OCCN(CC1CCCN1)c1ncc(Cl)cc1Cl. The minimum absolute atomic E-state index is 0.0767. The molecule has 2 heterocycles. The van der Waals surface area contributed by atoms with Gasteiger partial charge in [0.2, 0.25) is 0 Å². The van der Waals surface area contributed by atoms with Gasteiger partial charge in [-0.05, 0) is 25.5 Å². The number of anilines is 1. The quantitative estimate of drug-likeness (QED) is 0.870. The minimum Gasteiger partial charge on any atom is -0.395 e. The maximum Gasteiger partial charge on any atom is 0.147 e. The highest BCUT2D eigenvalue weighted by atomic mass is 35.5. The normalized spacial score (nSPS) is 19.2. The summed E-state index contributed by atoms with van der Waals surface area (Å²) in [5, 5.41) is 13.6. The average Bonchev–Trinajstić information content (AvgIpc) is 2.81. The molecule has 2 N–H and O–H groups in total. The maximum atomic E-state index is 9.16. The molecular weight excluding hydrogens is 273 g/mol. The fourth-order valence-electron chi connectivity index (χ4n) is 2.22. The molecule has 4 nitrogen and oxygen atoms in total. The molecule has 0 aliphatic carbocycles. The van der Waals surface area contributed by atoms with Crippen molar-refractivity contribution in [3.63, 3.8) is 0 Å². The van der Waals surface area contributed by atoms with Crippen LogP contribution in [0.5, 0.6) is 0 Å². The van der Waals surface area contributed by atoms with E-state index >= 15 is 0 Å². The van der Waals surface area contributed by atoms with Gasteiger partial charge in [-0.2, -0.15) is 0 Å². The number of aromatic nitrogens is 1. The van der Waals surface area contributed by atoms with Gasteiger partial charge in [-0.15, -0.1) is 0 Å². The van der Waals surface area contributed by atoms with E-state index in [0.29, 0.717) is 28.4 Å². The predicted octanol–water partition coefficient (Wildman–Crippen LogP) is 1.94. The van der Waals surface area contributed by atoms with Gasteiger partial charge in [-0.25, -0.2) is 4.98 Å². The third kappa shape index (κ3) is 3.48. The van der Waals surface area contributed by atoms with E-state index in [-0.39, 0.29) is 6.61 Å². The summed E-state index contributed by atoms with van der Waals surface area (Å²) in [5.74, 6) is 0.684. The van der Waals surface area contributed by atoms with Crippen LogP contribution in [0.2, 0.25) is 10.0 Å². The number of pyridine rings is 1. The molecule has 0 radical (unpaired) electrons. The van der Waals surface area contributed by atoms with Gasteiger partial charge in [0.05, 0.1) is 16.7 Å². The minimum atomic E-state index is 0.0767. The lowest BCUT2D eigenvalue weighted by Crippen LogP contribution is -2.39. The second kappa shape index (κ2) is 6.57. The highest BCUT2D eigenvalue weighted by Crippen LogP contribution is 2.26. The van der Waals surface area contributed by atoms with Crippen molar-refractivity contribution in [2.75, 3.05) is 31.1 Å². The molecule has 1 atom stereocenters. The number of halogens is 2.